The molecular weight excluding hydrogens is 302 g/mol. The van der Waals surface area contributed by atoms with Crippen LogP contribution in [-0.4, -0.2) is 42.3 Å². The van der Waals surface area contributed by atoms with Gasteiger partial charge in [0, 0.05) is 18.1 Å². The molecule has 0 aromatic heterocycles. The highest BCUT2D eigenvalue weighted by Gasteiger charge is 2.34. The van der Waals surface area contributed by atoms with Gasteiger partial charge in [0.2, 0.25) is 0 Å². The van der Waals surface area contributed by atoms with Gasteiger partial charge in [0.25, 0.3) is 0 Å². The fourth-order valence-corrected chi connectivity index (χ4v) is 3.99. The van der Waals surface area contributed by atoms with Crippen molar-refractivity contribution in [3.05, 3.63) is 28.8 Å². The molecule has 0 saturated carbocycles. The van der Waals surface area contributed by atoms with Crippen molar-refractivity contribution in [1.29, 1.82) is 0 Å². The number of aliphatic hydroxyl groups is 1. The van der Waals surface area contributed by atoms with Crippen LogP contribution in [0.5, 0.6) is 5.75 Å². The fraction of sp³-hybridized carbons (Fsp3) is 0.538. The van der Waals surface area contributed by atoms with Crippen LogP contribution in [0, 0.1) is 0 Å². The molecule has 1 aliphatic rings. The Bertz CT molecular complexity index is 574. The van der Waals surface area contributed by atoms with Crippen molar-refractivity contribution >= 4 is 21.4 Å². The van der Waals surface area contributed by atoms with E-state index in [0.717, 1.165) is 5.56 Å². The second-order valence-electron chi connectivity index (χ2n) is 5.26. The molecule has 0 atom stereocenters. The first-order valence-electron chi connectivity index (χ1n) is 6.41. The van der Waals surface area contributed by atoms with Gasteiger partial charge in [-0.1, -0.05) is 11.6 Å². The largest absolute Gasteiger partial charge is 0.508 e. The number of rotatable bonds is 4. The Labute approximate surface area is 123 Å². The molecule has 112 valence electrons. The molecule has 0 spiro atoms. The van der Waals surface area contributed by atoms with E-state index < -0.39 is 15.4 Å². The number of phenolic OH excluding ortho intramolecular Hbond substituents is 1. The third-order valence-electron chi connectivity index (χ3n) is 3.56. The zero-order chi connectivity index (χ0) is 14.8. The average Bonchev–Trinajstić information content (AvgIpc) is 2.38. The van der Waals surface area contributed by atoms with Gasteiger partial charge >= 0.3 is 0 Å². The standard InChI is InChI=1S/C13H18ClNO4S/c14-12-2-1-11(16)7-10(12)8-15-9-13(17)3-5-20(18,19)6-4-13/h1-2,7,15-17H,3-6,8-9H2. The summed E-state index contributed by atoms with van der Waals surface area (Å²) in [7, 11) is -2.99. The van der Waals surface area contributed by atoms with Gasteiger partial charge in [-0.15, -0.1) is 0 Å². The summed E-state index contributed by atoms with van der Waals surface area (Å²) in [6.45, 7) is 0.705. The lowest BCUT2D eigenvalue weighted by molar-refractivity contribution is 0.0303. The summed E-state index contributed by atoms with van der Waals surface area (Å²) in [6.07, 6.45) is 0.492. The Balaban J connectivity index is 1.88. The van der Waals surface area contributed by atoms with E-state index in [4.69, 9.17) is 11.6 Å². The van der Waals surface area contributed by atoms with Gasteiger partial charge in [0.1, 0.15) is 5.75 Å². The Morgan fingerprint density at radius 1 is 1.30 bits per heavy atom. The molecule has 2 rings (SSSR count). The Morgan fingerprint density at radius 2 is 1.95 bits per heavy atom. The Morgan fingerprint density at radius 3 is 2.60 bits per heavy atom. The van der Waals surface area contributed by atoms with E-state index in [0.29, 0.717) is 18.1 Å². The number of nitrogens with one attached hydrogen (secondary N) is 1. The molecule has 1 fully saturated rings. The number of sulfone groups is 1. The highest BCUT2D eigenvalue weighted by molar-refractivity contribution is 7.91. The summed E-state index contributed by atoms with van der Waals surface area (Å²) in [5, 5.41) is 23.3. The van der Waals surface area contributed by atoms with E-state index in [9.17, 15) is 18.6 Å². The molecule has 0 amide bonds. The Hall–Kier alpha value is -0.820. The van der Waals surface area contributed by atoms with E-state index in [2.05, 4.69) is 5.32 Å². The molecular formula is C13H18ClNO4S. The van der Waals surface area contributed by atoms with Gasteiger partial charge in [-0.3, -0.25) is 0 Å². The number of hydrogen-bond donors (Lipinski definition) is 3. The SMILES string of the molecule is O=S1(=O)CCC(O)(CNCc2cc(O)ccc2Cl)CC1. The van der Waals surface area contributed by atoms with Crippen LogP contribution in [0.4, 0.5) is 0 Å². The highest BCUT2D eigenvalue weighted by atomic mass is 35.5. The van der Waals surface area contributed by atoms with Crippen LogP contribution in [0.1, 0.15) is 18.4 Å². The molecule has 0 aliphatic carbocycles. The van der Waals surface area contributed by atoms with Gasteiger partial charge in [-0.25, -0.2) is 8.42 Å². The summed E-state index contributed by atoms with van der Waals surface area (Å²) in [4.78, 5) is 0. The second kappa shape index (κ2) is 5.89. The molecule has 0 radical (unpaired) electrons. The van der Waals surface area contributed by atoms with Crippen molar-refractivity contribution in [3.8, 4) is 5.75 Å². The van der Waals surface area contributed by atoms with Crippen LogP contribution in [0.25, 0.3) is 0 Å². The maximum atomic E-state index is 11.3. The number of hydrogen-bond acceptors (Lipinski definition) is 5. The third kappa shape index (κ3) is 4.09. The lowest BCUT2D eigenvalue weighted by Gasteiger charge is -2.32. The van der Waals surface area contributed by atoms with Gasteiger partial charge < -0.3 is 15.5 Å². The van der Waals surface area contributed by atoms with Gasteiger partial charge in [-0.05, 0) is 36.6 Å². The summed E-state index contributed by atoms with van der Waals surface area (Å²) >= 11 is 6.00. The normalized spacial score (nSPS) is 20.7. The molecule has 1 aliphatic heterocycles. The first kappa shape index (κ1) is 15.6. The van der Waals surface area contributed by atoms with Gasteiger partial charge in [0.05, 0.1) is 17.1 Å². The van der Waals surface area contributed by atoms with Crippen LogP contribution in [-0.2, 0) is 16.4 Å². The molecule has 20 heavy (non-hydrogen) atoms. The second-order valence-corrected chi connectivity index (χ2v) is 7.97. The number of aromatic hydroxyl groups is 1. The lowest BCUT2D eigenvalue weighted by Crippen LogP contribution is -2.46. The lowest BCUT2D eigenvalue weighted by atomic mass is 9.97. The van der Waals surface area contributed by atoms with Crippen LogP contribution in [0.2, 0.25) is 5.02 Å². The van der Waals surface area contributed by atoms with Crippen molar-refractivity contribution in [3.63, 3.8) is 0 Å². The van der Waals surface area contributed by atoms with Crippen LogP contribution >= 0.6 is 11.6 Å². The fourth-order valence-electron chi connectivity index (χ4n) is 2.22. The molecule has 1 saturated heterocycles. The number of benzene rings is 1. The first-order chi connectivity index (χ1) is 9.30. The first-order valence-corrected chi connectivity index (χ1v) is 8.61. The van der Waals surface area contributed by atoms with Crippen LogP contribution in [0.15, 0.2) is 18.2 Å². The molecule has 0 unspecified atom stereocenters. The molecule has 3 N–H and O–H groups in total. The maximum Gasteiger partial charge on any atom is 0.150 e. The quantitative estimate of drug-likeness (QED) is 0.773. The number of phenols is 1. The van der Waals surface area contributed by atoms with E-state index in [-0.39, 0.29) is 30.1 Å². The highest BCUT2D eigenvalue weighted by Crippen LogP contribution is 2.24. The van der Waals surface area contributed by atoms with Crippen LogP contribution < -0.4 is 5.32 Å². The topological polar surface area (TPSA) is 86.6 Å². The smallest absolute Gasteiger partial charge is 0.150 e. The minimum atomic E-state index is -2.99. The zero-order valence-corrected chi connectivity index (χ0v) is 12.5. The van der Waals surface area contributed by atoms with Crippen molar-refractivity contribution in [1.82, 2.24) is 5.32 Å². The van der Waals surface area contributed by atoms with Gasteiger partial charge in [0.15, 0.2) is 9.84 Å². The van der Waals surface area contributed by atoms with E-state index in [1.807, 2.05) is 0 Å². The monoisotopic (exact) mass is 319 g/mol. The van der Waals surface area contributed by atoms with E-state index in [1.165, 1.54) is 6.07 Å². The predicted molar refractivity (Wildman–Crippen MR) is 77.7 cm³/mol. The van der Waals surface area contributed by atoms with Crippen molar-refractivity contribution < 1.29 is 18.6 Å². The van der Waals surface area contributed by atoms with E-state index >= 15 is 0 Å². The average molecular weight is 320 g/mol. The molecule has 0 bridgehead atoms. The van der Waals surface area contributed by atoms with Crippen molar-refractivity contribution in [2.75, 3.05) is 18.1 Å². The summed E-state index contributed by atoms with van der Waals surface area (Å²) in [5.74, 6) is 0.185. The molecule has 5 nitrogen and oxygen atoms in total. The summed E-state index contributed by atoms with van der Waals surface area (Å²) in [6, 6.07) is 4.67. The molecule has 7 heteroatoms. The van der Waals surface area contributed by atoms with Gasteiger partial charge in [-0.2, -0.15) is 0 Å². The number of halogens is 1. The zero-order valence-electron chi connectivity index (χ0n) is 11.0. The summed E-state index contributed by atoms with van der Waals surface area (Å²) in [5.41, 5.74) is -0.257. The van der Waals surface area contributed by atoms with E-state index in [1.54, 1.807) is 12.1 Å². The molecule has 1 aromatic rings. The van der Waals surface area contributed by atoms with Crippen LogP contribution in [0.3, 0.4) is 0 Å². The Kier molecular flexibility index (Phi) is 4.59. The molecule has 1 heterocycles. The third-order valence-corrected chi connectivity index (χ3v) is 5.58. The maximum absolute atomic E-state index is 11.3. The minimum absolute atomic E-state index is 0.0259. The van der Waals surface area contributed by atoms with Crippen molar-refractivity contribution in [2.45, 2.75) is 25.0 Å². The summed E-state index contributed by atoms with van der Waals surface area (Å²) < 4.78 is 22.7. The molecule has 1 aromatic carbocycles. The predicted octanol–water partition coefficient (Wildman–Crippen LogP) is 1.07. The van der Waals surface area contributed by atoms with Crippen molar-refractivity contribution in [2.24, 2.45) is 0 Å². The minimum Gasteiger partial charge on any atom is -0.508 e.